The van der Waals surface area contributed by atoms with E-state index in [1.165, 1.54) is 24.5 Å². The molecule has 1 saturated heterocycles. The van der Waals surface area contributed by atoms with E-state index in [1.54, 1.807) is 11.3 Å². The van der Waals surface area contributed by atoms with Crippen LogP contribution in [0.25, 0.3) is 0 Å². The Labute approximate surface area is 83.6 Å². The van der Waals surface area contributed by atoms with Crippen molar-refractivity contribution < 1.29 is 0 Å². The summed E-state index contributed by atoms with van der Waals surface area (Å²) < 4.78 is 0. The maximum atomic E-state index is 4.36. The van der Waals surface area contributed by atoms with Crippen LogP contribution in [0, 0.1) is 5.92 Å². The van der Waals surface area contributed by atoms with Gasteiger partial charge in [-0.1, -0.05) is 6.92 Å². The molecule has 2 atom stereocenters. The largest absolute Gasteiger partial charge is 0.294 e. The molecule has 1 aromatic heterocycles. The van der Waals surface area contributed by atoms with Crippen molar-refractivity contribution in [3.63, 3.8) is 0 Å². The highest BCUT2D eigenvalue weighted by Crippen LogP contribution is 2.27. The van der Waals surface area contributed by atoms with Crippen LogP contribution in [0.3, 0.4) is 0 Å². The lowest BCUT2D eigenvalue weighted by Gasteiger charge is -2.21. The van der Waals surface area contributed by atoms with Crippen LogP contribution in [0.1, 0.15) is 31.3 Å². The van der Waals surface area contributed by atoms with Crippen molar-refractivity contribution in [3.8, 4) is 0 Å². The van der Waals surface area contributed by atoms with Gasteiger partial charge in [0.05, 0.1) is 6.04 Å². The van der Waals surface area contributed by atoms with Crippen molar-refractivity contribution in [2.75, 3.05) is 13.1 Å². The molecule has 0 saturated carbocycles. The van der Waals surface area contributed by atoms with Crippen LogP contribution in [-0.4, -0.2) is 23.0 Å². The number of aromatic nitrogens is 1. The fraction of sp³-hybridized carbons (Fsp3) is 0.700. The van der Waals surface area contributed by atoms with Gasteiger partial charge in [-0.3, -0.25) is 4.90 Å². The third kappa shape index (κ3) is 1.92. The number of nitrogens with zero attached hydrogens (tertiary/aromatic N) is 2. The minimum absolute atomic E-state index is 0.518. The average molecular weight is 196 g/mol. The van der Waals surface area contributed by atoms with Gasteiger partial charge in [0.1, 0.15) is 5.01 Å². The van der Waals surface area contributed by atoms with E-state index in [0.29, 0.717) is 6.04 Å². The van der Waals surface area contributed by atoms with Gasteiger partial charge in [0.25, 0.3) is 0 Å². The fourth-order valence-corrected chi connectivity index (χ4v) is 2.65. The smallest absolute Gasteiger partial charge is 0.109 e. The second kappa shape index (κ2) is 3.76. The van der Waals surface area contributed by atoms with Gasteiger partial charge in [-0.05, 0) is 25.8 Å². The molecule has 1 aliphatic rings. The van der Waals surface area contributed by atoms with Crippen molar-refractivity contribution in [2.24, 2.45) is 5.92 Å². The Kier molecular flexibility index (Phi) is 2.65. The first-order valence-electron chi connectivity index (χ1n) is 4.91. The van der Waals surface area contributed by atoms with Gasteiger partial charge < -0.3 is 0 Å². The lowest BCUT2D eigenvalue weighted by molar-refractivity contribution is 0.254. The molecular weight excluding hydrogens is 180 g/mol. The summed E-state index contributed by atoms with van der Waals surface area (Å²) >= 11 is 1.77. The minimum atomic E-state index is 0.518. The van der Waals surface area contributed by atoms with Gasteiger partial charge in [-0.2, -0.15) is 0 Å². The second-order valence-electron chi connectivity index (χ2n) is 3.94. The first-order valence-corrected chi connectivity index (χ1v) is 5.79. The Morgan fingerprint density at radius 3 is 3.08 bits per heavy atom. The maximum absolute atomic E-state index is 4.36. The molecule has 0 amide bonds. The maximum Gasteiger partial charge on any atom is 0.109 e. The predicted molar refractivity (Wildman–Crippen MR) is 55.9 cm³/mol. The Bertz CT molecular complexity index is 258. The summed E-state index contributed by atoms with van der Waals surface area (Å²) in [6.07, 6.45) is 3.24. The molecule has 13 heavy (non-hydrogen) atoms. The van der Waals surface area contributed by atoms with Crippen molar-refractivity contribution in [1.29, 1.82) is 0 Å². The van der Waals surface area contributed by atoms with Crippen molar-refractivity contribution >= 4 is 11.3 Å². The molecular formula is C10H16N2S. The van der Waals surface area contributed by atoms with E-state index in [-0.39, 0.29) is 0 Å². The highest BCUT2D eigenvalue weighted by molar-refractivity contribution is 7.09. The standard InChI is InChI=1S/C10H16N2S/c1-8-3-5-12(7-8)9(2)10-11-4-6-13-10/h4,6,8-9H,3,5,7H2,1-2H3. The summed E-state index contributed by atoms with van der Waals surface area (Å²) in [6.45, 7) is 7.06. The van der Waals surface area contributed by atoms with Gasteiger partial charge in [0.15, 0.2) is 0 Å². The van der Waals surface area contributed by atoms with E-state index < -0.39 is 0 Å². The zero-order valence-corrected chi connectivity index (χ0v) is 9.05. The van der Waals surface area contributed by atoms with Gasteiger partial charge in [0.2, 0.25) is 0 Å². The summed E-state index contributed by atoms with van der Waals surface area (Å²) in [5.74, 6) is 0.863. The van der Waals surface area contributed by atoms with Gasteiger partial charge in [-0.25, -0.2) is 4.98 Å². The lowest BCUT2D eigenvalue weighted by atomic mass is 10.2. The number of rotatable bonds is 2. The molecule has 1 aromatic rings. The molecule has 2 unspecified atom stereocenters. The highest BCUT2D eigenvalue weighted by Gasteiger charge is 2.24. The Morgan fingerprint density at radius 2 is 2.54 bits per heavy atom. The topological polar surface area (TPSA) is 16.1 Å². The van der Waals surface area contributed by atoms with E-state index in [4.69, 9.17) is 0 Å². The van der Waals surface area contributed by atoms with Crippen LogP contribution in [0.15, 0.2) is 11.6 Å². The van der Waals surface area contributed by atoms with Crippen molar-refractivity contribution in [3.05, 3.63) is 16.6 Å². The van der Waals surface area contributed by atoms with Crippen LogP contribution in [0.4, 0.5) is 0 Å². The molecule has 2 nitrogen and oxygen atoms in total. The number of thiazole rings is 1. The van der Waals surface area contributed by atoms with E-state index in [9.17, 15) is 0 Å². The molecule has 0 aliphatic carbocycles. The summed E-state index contributed by atoms with van der Waals surface area (Å²) in [4.78, 5) is 6.89. The molecule has 2 rings (SSSR count). The third-order valence-corrected chi connectivity index (χ3v) is 3.76. The van der Waals surface area contributed by atoms with Crippen LogP contribution in [0.5, 0.6) is 0 Å². The lowest BCUT2D eigenvalue weighted by Crippen LogP contribution is -2.23. The number of hydrogen-bond acceptors (Lipinski definition) is 3. The van der Waals surface area contributed by atoms with E-state index in [0.717, 1.165) is 5.92 Å². The Morgan fingerprint density at radius 1 is 1.69 bits per heavy atom. The predicted octanol–water partition coefficient (Wildman–Crippen LogP) is 2.55. The molecule has 1 fully saturated rings. The summed E-state index contributed by atoms with van der Waals surface area (Å²) in [5, 5.41) is 3.32. The van der Waals surface area contributed by atoms with Gasteiger partial charge >= 0.3 is 0 Å². The zero-order valence-electron chi connectivity index (χ0n) is 8.23. The van der Waals surface area contributed by atoms with Gasteiger partial charge in [0, 0.05) is 18.1 Å². The van der Waals surface area contributed by atoms with E-state index in [2.05, 4.69) is 29.1 Å². The quantitative estimate of drug-likeness (QED) is 0.722. The van der Waals surface area contributed by atoms with E-state index in [1.807, 2.05) is 6.20 Å². The average Bonchev–Trinajstić information content (AvgIpc) is 2.72. The Hall–Kier alpha value is -0.410. The first kappa shape index (κ1) is 9.16. The minimum Gasteiger partial charge on any atom is -0.294 e. The summed E-state index contributed by atoms with van der Waals surface area (Å²) in [7, 11) is 0. The molecule has 0 bridgehead atoms. The highest BCUT2D eigenvalue weighted by atomic mass is 32.1. The summed E-state index contributed by atoms with van der Waals surface area (Å²) in [5.41, 5.74) is 0. The number of hydrogen-bond donors (Lipinski definition) is 0. The van der Waals surface area contributed by atoms with Crippen LogP contribution < -0.4 is 0 Å². The molecule has 0 spiro atoms. The first-order chi connectivity index (χ1) is 6.27. The van der Waals surface area contributed by atoms with Crippen LogP contribution >= 0.6 is 11.3 Å². The van der Waals surface area contributed by atoms with Gasteiger partial charge in [-0.15, -0.1) is 11.3 Å². The molecule has 2 heterocycles. The molecule has 0 N–H and O–H groups in total. The normalized spacial score (nSPS) is 26.5. The molecule has 3 heteroatoms. The molecule has 1 aliphatic heterocycles. The SMILES string of the molecule is CC1CCN(C(C)c2nccs2)C1. The van der Waals surface area contributed by atoms with Crippen LogP contribution in [-0.2, 0) is 0 Å². The monoisotopic (exact) mass is 196 g/mol. The molecule has 72 valence electrons. The Balaban J connectivity index is 2.02. The third-order valence-electron chi connectivity index (χ3n) is 2.81. The summed E-state index contributed by atoms with van der Waals surface area (Å²) in [6, 6.07) is 0.518. The molecule has 0 aromatic carbocycles. The zero-order chi connectivity index (χ0) is 9.26. The van der Waals surface area contributed by atoms with Crippen molar-refractivity contribution in [1.82, 2.24) is 9.88 Å². The van der Waals surface area contributed by atoms with Crippen molar-refractivity contribution in [2.45, 2.75) is 26.3 Å². The van der Waals surface area contributed by atoms with E-state index >= 15 is 0 Å². The second-order valence-corrected chi connectivity index (χ2v) is 4.86. The number of likely N-dealkylation sites (tertiary alicyclic amines) is 1. The molecule has 0 radical (unpaired) electrons. The fourth-order valence-electron chi connectivity index (χ4n) is 1.92. The van der Waals surface area contributed by atoms with Crippen LogP contribution in [0.2, 0.25) is 0 Å².